The molecule has 0 heterocycles. The van der Waals surface area contributed by atoms with Gasteiger partial charge in [0, 0.05) is 30.6 Å². The molecule has 2 N–H and O–H groups in total. The van der Waals surface area contributed by atoms with E-state index in [0.29, 0.717) is 37.3 Å². The van der Waals surface area contributed by atoms with Crippen LogP contribution in [0.4, 0.5) is 14.4 Å². The van der Waals surface area contributed by atoms with Crippen molar-refractivity contribution in [3.05, 3.63) is 11.6 Å². The number of nitrogens with one attached hydrogen (secondary N) is 2. The fourth-order valence-corrected chi connectivity index (χ4v) is 10.9. The number of hydrogen-bond acceptors (Lipinski definition) is 6. The van der Waals surface area contributed by atoms with E-state index in [9.17, 15) is 14.4 Å². The van der Waals surface area contributed by atoms with Crippen molar-refractivity contribution in [1.29, 1.82) is 0 Å². The molecule has 322 valence electrons. The van der Waals surface area contributed by atoms with Crippen molar-refractivity contribution in [2.45, 2.75) is 215 Å². The summed E-state index contributed by atoms with van der Waals surface area (Å²) in [5.74, 6) is 4.01. The summed E-state index contributed by atoms with van der Waals surface area (Å²) in [5, 5.41) is 5.96. The molecule has 7 atom stereocenters. The van der Waals surface area contributed by atoms with Crippen molar-refractivity contribution >= 4 is 18.3 Å². The highest BCUT2D eigenvalue weighted by Crippen LogP contribution is 2.67. The molecule has 4 rings (SSSR count). The summed E-state index contributed by atoms with van der Waals surface area (Å²) in [6, 6.07) is 0. The predicted molar refractivity (Wildman–Crippen MR) is 226 cm³/mol. The van der Waals surface area contributed by atoms with Gasteiger partial charge < -0.3 is 29.7 Å². The molecular weight excluding hydrogens is 703 g/mol. The minimum Gasteiger partial charge on any atom is -0.446 e. The molecule has 0 aromatic rings. The van der Waals surface area contributed by atoms with Crippen LogP contribution in [0.25, 0.3) is 0 Å². The second-order valence-corrected chi connectivity index (χ2v) is 22.5. The second kappa shape index (κ2) is 17.8. The van der Waals surface area contributed by atoms with Crippen molar-refractivity contribution in [2.24, 2.45) is 40.4 Å². The minimum atomic E-state index is -0.635. The number of amides is 3. The van der Waals surface area contributed by atoms with Crippen molar-refractivity contribution in [1.82, 2.24) is 15.5 Å². The minimum absolute atomic E-state index is 0.169. The zero-order valence-electron chi connectivity index (χ0n) is 38.3. The Kier molecular flexibility index (Phi) is 14.7. The Hall–Kier alpha value is -2.45. The van der Waals surface area contributed by atoms with Gasteiger partial charge in [0.2, 0.25) is 0 Å². The number of unbranched alkanes of at least 4 members (excludes halogenated alkanes) is 1. The summed E-state index contributed by atoms with van der Waals surface area (Å²) in [5.41, 5.74) is -0.322. The first kappa shape index (κ1) is 46.2. The van der Waals surface area contributed by atoms with Crippen molar-refractivity contribution in [3.63, 3.8) is 0 Å². The molecule has 3 amide bonds. The van der Waals surface area contributed by atoms with Gasteiger partial charge in [0.25, 0.3) is 0 Å². The number of carbonyl (C=O) groups is 3. The Morgan fingerprint density at radius 2 is 1.36 bits per heavy atom. The number of alkyl carbamates (subject to hydrolysis) is 2. The zero-order valence-corrected chi connectivity index (χ0v) is 38.3. The summed E-state index contributed by atoms with van der Waals surface area (Å²) in [7, 11) is 0. The number of carbonyl (C=O) groups excluding carboxylic acids is 3. The van der Waals surface area contributed by atoms with Crippen LogP contribution >= 0.6 is 0 Å². The zero-order chi connectivity index (χ0) is 41.9. The molecule has 0 saturated heterocycles. The van der Waals surface area contributed by atoms with Gasteiger partial charge in [0.15, 0.2) is 0 Å². The summed E-state index contributed by atoms with van der Waals surface area (Å²) >= 11 is 0. The number of nitrogens with zero attached hydrogens (tertiary/aromatic N) is 1. The molecule has 4 aliphatic rings. The first-order chi connectivity index (χ1) is 25.7. The Bertz CT molecular complexity index is 1340. The van der Waals surface area contributed by atoms with Gasteiger partial charge in [-0.3, -0.25) is 0 Å². The topological polar surface area (TPSA) is 106 Å². The van der Waals surface area contributed by atoms with Gasteiger partial charge in [-0.1, -0.05) is 58.6 Å². The van der Waals surface area contributed by atoms with Crippen molar-refractivity contribution in [3.8, 4) is 0 Å². The molecule has 9 nitrogen and oxygen atoms in total. The van der Waals surface area contributed by atoms with E-state index < -0.39 is 34.5 Å². The van der Waals surface area contributed by atoms with Crippen LogP contribution in [0.3, 0.4) is 0 Å². The third-order valence-electron chi connectivity index (χ3n) is 14.1. The number of hydrogen-bond donors (Lipinski definition) is 2. The van der Waals surface area contributed by atoms with Crippen molar-refractivity contribution in [2.75, 3.05) is 13.1 Å². The lowest BCUT2D eigenvalue weighted by Gasteiger charge is -2.58. The summed E-state index contributed by atoms with van der Waals surface area (Å²) in [6.07, 6.45) is 17.0. The van der Waals surface area contributed by atoms with E-state index in [2.05, 4.69) is 44.4 Å². The van der Waals surface area contributed by atoms with E-state index in [0.717, 1.165) is 42.9 Å². The van der Waals surface area contributed by atoms with Crippen LogP contribution in [0.5, 0.6) is 0 Å². The fraction of sp³-hybridized carbons (Fsp3) is 0.894. The third-order valence-corrected chi connectivity index (χ3v) is 14.1. The van der Waals surface area contributed by atoms with Crippen LogP contribution in [-0.4, -0.2) is 64.7 Å². The molecule has 3 saturated carbocycles. The maximum atomic E-state index is 14.1. The fourth-order valence-electron chi connectivity index (χ4n) is 10.9. The molecule has 0 spiro atoms. The largest absolute Gasteiger partial charge is 0.446 e. The average molecular weight is 786 g/mol. The maximum Gasteiger partial charge on any atom is 0.410 e. The number of ether oxygens (including phenoxy) is 3. The first-order valence-electron chi connectivity index (χ1n) is 22.4. The van der Waals surface area contributed by atoms with E-state index >= 15 is 0 Å². The van der Waals surface area contributed by atoms with Crippen LogP contribution in [0.2, 0.25) is 0 Å². The van der Waals surface area contributed by atoms with E-state index in [-0.39, 0.29) is 17.6 Å². The molecule has 0 radical (unpaired) electrons. The molecule has 0 bridgehead atoms. The smallest absolute Gasteiger partial charge is 0.410 e. The summed E-state index contributed by atoms with van der Waals surface area (Å²) < 4.78 is 17.4. The quantitative estimate of drug-likeness (QED) is 0.103. The van der Waals surface area contributed by atoms with Gasteiger partial charge in [-0.05, 0) is 174 Å². The van der Waals surface area contributed by atoms with Crippen LogP contribution in [0, 0.1) is 40.4 Å². The highest BCUT2D eigenvalue weighted by Gasteiger charge is 2.58. The molecule has 0 aromatic heterocycles. The molecule has 0 aliphatic heterocycles. The van der Waals surface area contributed by atoms with Gasteiger partial charge >= 0.3 is 18.3 Å². The van der Waals surface area contributed by atoms with Gasteiger partial charge in [0.05, 0.1) is 0 Å². The molecule has 4 aliphatic carbocycles. The van der Waals surface area contributed by atoms with Crippen molar-refractivity contribution < 1.29 is 28.6 Å². The molecule has 0 aromatic carbocycles. The summed E-state index contributed by atoms with van der Waals surface area (Å²) in [6.45, 7) is 29.4. The maximum absolute atomic E-state index is 14.1. The average Bonchev–Trinajstić information content (AvgIpc) is 3.36. The summed E-state index contributed by atoms with van der Waals surface area (Å²) in [4.78, 5) is 41.2. The van der Waals surface area contributed by atoms with E-state index in [1.165, 1.54) is 63.4 Å². The first-order valence-corrected chi connectivity index (χ1v) is 22.4. The third kappa shape index (κ3) is 12.5. The highest BCUT2D eigenvalue weighted by molar-refractivity contribution is 5.70. The van der Waals surface area contributed by atoms with Crippen LogP contribution in [0.1, 0.15) is 187 Å². The number of allylic oxidation sites excluding steroid dienone is 1. The van der Waals surface area contributed by atoms with Crippen LogP contribution in [-0.2, 0) is 14.2 Å². The Balaban J connectivity index is 1.41. The Morgan fingerprint density at radius 1 is 0.786 bits per heavy atom. The van der Waals surface area contributed by atoms with Gasteiger partial charge in [-0.2, -0.15) is 0 Å². The standard InChI is InChI=1S/C47H83N3O6/c1-32(2)17-15-16-18-33-20-22-37-36-21-19-34-31-35(23-25-47(34,14)38(36)24-26-46(33,37)13)54-41(53)50(29-27-44(9,10)48-39(51)55-42(3,4)5)30-28-45(11,12)49-40(52)56-43(6,7)8/h19,32-33,35-38H,15-18,20-31H2,1-14H3,(H,48,51)(H,49,52). The molecule has 56 heavy (non-hydrogen) atoms. The van der Waals surface area contributed by atoms with E-state index in [4.69, 9.17) is 14.2 Å². The van der Waals surface area contributed by atoms with E-state index in [1.54, 1.807) is 4.90 Å². The highest BCUT2D eigenvalue weighted by atomic mass is 16.6. The lowest BCUT2D eigenvalue weighted by Crippen LogP contribution is -2.51. The van der Waals surface area contributed by atoms with E-state index in [1.807, 2.05) is 69.2 Å². The Morgan fingerprint density at radius 3 is 1.89 bits per heavy atom. The molecule has 9 heteroatoms. The monoisotopic (exact) mass is 786 g/mol. The molecule has 7 unspecified atom stereocenters. The predicted octanol–water partition coefficient (Wildman–Crippen LogP) is 12.0. The van der Waals surface area contributed by atoms with Crippen LogP contribution in [0.15, 0.2) is 11.6 Å². The lowest BCUT2D eigenvalue weighted by molar-refractivity contribution is -0.0535. The SMILES string of the molecule is CC(C)CCCCC1CCC2C3CC=C4CC(OC(=O)N(CCC(C)(C)NC(=O)OC(C)(C)C)CCC(C)(C)NC(=O)OC(C)(C)C)CCC4(C)C3CCC12C. The normalized spacial score (nSPS) is 29.3. The molecule has 3 fully saturated rings. The number of rotatable bonds is 14. The second-order valence-electron chi connectivity index (χ2n) is 22.5. The number of fused-ring (bicyclic) bond motifs is 5. The lowest BCUT2D eigenvalue weighted by atomic mass is 9.47. The van der Waals surface area contributed by atoms with Crippen LogP contribution < -0.4 is 10.6 Å². The van der Waals surface area contributed by atoms with Gasteiger partial charge in [-0.15, -0.1) is 0 Å². The Labute approximate surface area is 341 Å². The van der Waals surface area contributed by atoms with Gasteiger partial charge in [-0.25, -0.2) is 14.4 Å². The molecular formula is C47H83N3O6. The van der Waals surface area contributed by atoms with Gasteiger partial charge in [0.1, 0.15) is 17.3 Å².